The van der Waals surface area contributed by atoms with E-state index in [9.17, 15) is 0 Å². The van der Waals surface area contributed by atoms with E-state index in [1.807, 2.05) is 0 Å². The van der Waals surface area contributed by atoms with Crippen molar-refractivity contribution in [2.75, 3.05) is 4.93 Å². The molecule has 0 nitrogen and oxygen atoms in total. The topological polar surface area (TPSA) is 0 Å². The molecule has 16 heavy (non-hydrogen) atoms. The van der Waals surface area contributed by atoms with E-state index in [4.69, 9.17) is 0 Å². The Morgan fingerprint density at radius 1 is 1.12 bits per heavy atom. The van der Waals surface area contributed by atoms with Crippen LogP contribution in [0.4, 0.5) is 0 Å². The van der Waals surface area contributed by atoms with Crippen LogP contribution in [0.5, 0.6) is 0 Å². The summed E-state index contributed by atoms with van der Waals surface area (Å²) in [6.45, 7) is 2.39. The van der Waals surface area contributed by atoms with E-state index in [1.54, 1.807) is 38.5 Å². The second-order valence-electron chi connectivity index (χ2n) is 6.43. The molecule has 6 unspecified atom stereocenters. The monoisotopic (exact) mass is 333 g/mol. The molecule has 3 aliphatic carbocycles. The van der Waals surface area contributed by atoms with Gasteiger partial charge in [0.05, 0.1) is 0 Å². The summed E-state index contributed by atoms with van der Waals surface area (Å²) >= 11 is 0.501. The zero-order valence-corrected chi connectivity index (χ0v) is 12.9. The van der Waals surface area contributed by atoms with Crippen molar-refractivity contribution in [3.05, 3.63) is 0 Å². The molecule has 0 saturated heterocycles. The summed E-state index contributed by atoms with van der Waals surface area (Å²) in [4.78, 5) is 2.56. The van der Waals surface area contributed by atoms with Crippen molar-refractivity contribution in [2.45, 2.75) is 55.8 Å². The number of halogens is 1. The summed E-state index contributed by atoms with van der Waals surface area (Å²) in [5.41, 5.74) is 0. The first-order valence-corrected chi connectivity index (χ1v) is 10.7. The van der Waals surface area contributed by atoms with Crippen molar-refractivity contribution in [3.63, 3.8) is 0 Å². The molecule has 2 bridgehead atoms. The van der Waals surface area contributed by atoms with Crippen LogP contribution in [0.3, 0.4) is 0 Å². The number of hydrogen-bond acceptors (Lipinski definition) is 0. The standard InChI is InChI=1S/C15H26I/c1-3-4-11-5-6-12-7-10-8-13(12)15(11)14(9-10)16-2/h10-15H,3-9H2,1-2H3/q-1. The normalized spacial score (nSPS) is 50.9. The molecule has 0 N–H and O–H groups in total. The van der Waals surface area contributed by atoms with Gasteiger partial charge in [-0.1, -0.05) is 0 Å². The summed E-state index contributed by atoms with van der Waals surface area (Å²) < 4.78 is 1.21. The summed E-state index contributed by atoms with van der Waals surface area (Å²) in [7, 11) is 0. The number of fused-ring (bicyclic) bond motifs is 1. The van der Waals surface area contributed by atoms with Crippen LogP contribution in [-0.4, -0.2) is 8.86 Å². The number of rotatable bonds is 3. The van der Waals surface area contributed by atoms with Crippen molar-refractivity contribution in [1.82, 2.24) is 0 Å². The first kappa shape index (κ1) is 11.8. The van der Waals surface area contributed by atoms with Gasteiger partial charge >= 0.3 is 112 Å². The molecular weight excluding hydrogens is 307 g/mol. The Kier molecular flexibility index (Phi) is 3.52. The average Bonchev–Trinajstić information content (AvgIpc) is 2.67. The Morgan fingerprint density at radius 3 is 2.75 bits per heavy atom. The van der Waals surface area contributed by atoms with Crippen LogP contribution in [-0.2, 0) is 0 Å². The van der Waals surface area contributed by atoms with Crippen LogP contribution in [0, 0.1) is 29.6 Å². The van der Waals surface area contributed by atoms with Gasteiger partial charge in [-0.05, 0) is 0 Å². The van der Waals surface area contributed by atoms with E-state index < -0.39 is 0 Å². The van der Waals surface area contributed by atoms with Crippen LogP contribution < -0.4 is 21.2 Å². The molecule has 3 saturated carbocycles. The van der Waals surface area contributed by atoms with Crippen molar-refractivity contribution in [1.29, 1.82) is 0 Å². The summed E-state index contributed by atoms with van der Waals surface area (Å²) in [6.07, 6.45) is 11.1. The molecule has 3 aliphatic rings. The Bertz CT molecular complexity index is 250. The number of hydrogen-bond donors (Lipinski definition) is 0. The van der Waals surface area contributed by atoms with Gasteiger partial charge in [-0.2, -0.15) is 0 Å². The molecule has 3 rings (SSSR count). The Hall–Kier alpha value is 0.730. The second kappa shape index (κ2) is 4.78. The first-order chi connectivity index (χ1) is 7.83. The fourth-order valence-electron chi connectivity index (χ4n) is 5.22. The van der Waals surface area contributed by atoms with Crippen molar-refractivity contribution in [3.8, 4) is 0 Å². The van der Waals surface area contributed by atoms with E-state index in [0.29, 0.717) is 21.2 Å². The van der Waals surface area contributed by atoms with Crippen molar-refractivity contribution < 1.29 is 21.2 Å². The second-order valence-corrected chi connectivity index (χ2v) is 9.28. The Balaban J connectivity index is 1.82. The van der Waals surface area contributed by atoms with Gasteiger partial charge in [0.15, 0.2) is 0 Å². The van der Waals surface area contributed by atoms with Gasteiger partial charge in [-0.25, -0.2) is 0 Å². The molecule has 0 spiro atoms. The maximum atomic E-state index is 2.56. The zero-order valence-electron chi connectivity index (χ0n) is 10.8. The minimum atomic E-state index is 0.501. The SMILES string of the molecule is CCCC1CCC2CC3CC([I-]C)C1C2C3. The quantitative estimate of drug-likeness (QED) is 0.533. The van der Waals surface area contributed by atoms with E-state index in [2.05, 4.69) is 11.9 Å². The Morgan fingerprint density at radius 2 is 2.00 bits per heavy atom. The van der Waals surface area contributed by atoms with Crippen LogP contribution >= 0.6 is 0 Å². The summed E-state index contributed by atoms with van der Waals surface area (Å²) in [5.74, 6) is 5.85. The molecule has 0 aromatic heterocycles. The van der Waals surface area contributed by atoms with Gasteiger partial charge in [0.25, 0.3) is 0 Å². The van der Waals surface area contributed by atoms with Gasteiger partial charge in [0.2, 0.25) is 0 Å². The fourth-order valence-corrected chi connectivity index (χ4v) is 8.40. The maximum absolute atomic E-state index is 2.56. The third-order valence-corrected chi connectivity index (χ3v) is 8.65. The van der Waals surface area contributed by atoms with Gasteiger partial charge in [0, 0.05) is 0 Å². The molecule has 94 valence electrons. The average molecular weight is 333 g/mol. The predicted octanol–water partition coefficient (Wildman–Crippen LogP) is 0.946. The molecular formula is C15H26I-. The minimum absolute atomic E-state index is 0.501. The molecule has 3 fully saturated rings. The molecule has 6 atom stereocenters. The van der Waals surface area contributed by atoms with Gasteiger partial charge in [-0.15, -0.1) is 0 Å². The van der Waals surface area contributed by atoms with E-state index in [0.717, 1.165) is 11.8 Å². The third kappa shape index (κ3) is 1.85. The van der Waals surface area contributed by atoms with Crippen molar-refractivity contribution in [2.24, 2.45) is 29.6 Å². The first-order valence-electron chi connectivity index (χ1n) is 7.31. The zero-order chi connectivity index (χ0) is 11.1. The van der Waals surface area contributed by atoms with Crippen LogP contribution in [0.15, 0.2) is 0 Å². The van der Waals surface area contributed by atoms with Gasteiger partial charge in [0.1, 0.15) is 0 Å². The van der Waals surface area contributed by atoms with Gasteiger partial charge in [-0.3, -0.25) is 0 Å². The third-order valence-electron chi connectivity index (χ3n) is 5.71. The van der Waals surface area contributed by atoms with E-state index >= 15 is 0 Å². The van der Waals surface area contributed by atoms with Crippen LogP contribution in [0.1, 0.15) is 51.9 Å². The van der Waals surface area contributed by atoms with Crippen molar-refractivity contribution >= 4 is 0 Å². The summed E-state index contributed by atoms with van der Waals surface area (Å²) in [5, 5.41) is 0. The number of alkyl halides is 2. The summed E-state index contributed by atoms with van der Waals surface area (Å²) in [6, 6.07) is 0. The fraction of sp³-hybridized carbons (Fsp3) is 1.00. The molecule has 0 heterocycles. The molecule has 0 aromatic carbocycles. The molecule has 0 radical (unpaired) electrons. The van der Waals surface area contributed by atoms with E-state index in [1.165, 1.54) is 28.1 Å². The van der Waals surface area contributed by atoms with Crippen LogP contribution in [0.25, 0.3) is 0 Å². The molecule has 0 aliphatic heterocycles. The molecule has 1 heteroatoms. The predicted molar refractivity (Wildman–Crippen MR) is 65.2 cm³/mol. The van der Waals surface area contributed by atoms with Gasteiger partial charge < -0.3 is 0 Å². The molecule has 0 amide bonds. The van der Waals surface area contributed by atoms with Crippen LogP contribution in [0.2, 0.25) is 0 Å². The molecule has 0 aromatic rings. The van der Waals surface area contributed by atoms with E-state index in [-0.39, 0.29) is 0 Å². The Labute approximate surface area is 111 Å².